The van der Waals surface area contributed by atoms with Crippen LogP contribution in [-0.2, 0) is 4.79 Å². The molecule has 1 aromatic carbocycles. The molecule has 2 atom stereocenters. The smallest absolute Gasteiger partial charge is 0.222 e. The summed E-state index contributed by atoms with van der Waals surface area (Å²) in [5.74, 6) is 1.35. The van der Waals surface area contributed by atoms with Gasteiger partial charge in [0, 0.05) is 32.6 Å². The monoisotopic (exact) mass is 274 g/mol. The highest BCUT2D eigenvalue weighted by Gasteiger charge is 2.29. The second-order valence-electron chi connectivity index (χ2n) is 6.04. The quantitative estimate of drug-likeness (QED) is 0.796. The van der Waals surface area contributed by atoms with Gasteiger partial charge in [-0.1, -0.05) is 37.3 Å². The lowest BCUT2D eigenvalue weighted by Crippen LogP contribution is -2.31. The molecule has 0 radical (unpaired) electrons. The molecular weight excluding hydrogens is 248 g/mol. The molecule has 2 unspecified atom stereocenters. The van der Waals surface area contributed by atoms with Crippen LogP contribution < -0.4 is 0 Å². The molecular formula is C17H26N2O. The number of carbonyl (C=O) groups excluding carboxylic acids is 1. The third-order valence-electron chi connectivity index (χ3n) is 4.20. The molecule has 0 aliphatic carbocycles. The van der Waals surface area contributed by atoms with E-state index in [0.717, 1.165) is 32.6 Å². The fourth-order valence-electron chi connectivity index (χ4n) is 3.15. The second kappa shape index (κ2) is 6.89. The number of likely N-dealkylation sites (N-methyl/N-ethyl adjacent to an activating group) is 1. The number of hydrogen-bond acceptors (Lipinski definition) is 2. The standard InChI is InChI=1S/C17H26N2O/c1-4-19-13-15(10-17(19)20)12-18(3)11-14(2)16-8-6-5-7-9-16/h5-9,14-15H,4,10-13H2,1-3H3. The van der Waals surface area contributed by atoms with Crippen molar-refractivity contribution in [3.63, 3.8) is 0 Å². The van der Waals surface area contributed by atoms with Gasteiger partial charge in [-0.3, -0.25) is 4.79 Å². The first-order chi connectivity index (χ1) is 9.60. The van der Waals surface area contributed by atoms with Crippen molar-refractivity contribution >= 4 is 5.91 Å². The molecule has 3 heteroatoms. The average molecular weight is 274 g/mol. The summed E-state index contributed by atoms with van der Waals surface area (Å²) in [7, 11) is 2.17. The number of carbonyl (C=O) groups is 1. The van der Waals surface area contributed by atoms with Crippen LogP contribution in [0, 0.1) is 5.92 Å². The number of benzene rings is 1. The Balaban J connectivity index is 1.81. The Morgan fingerprint density at radius 3 is 2.65 bits per heavy atom. The molecule has 0 spiro atoms. The normalized spacial score (nSPS) is 20.7. The van der Waals surface area contributed by atoms with Crippen molar-refractivity contribution in [2.75, 3.05) is 33.2 Å². The number of amides is 1. The summed E-state index contributed by atoms with van der Waals surface area (Å²) in [6.45, 7) is 8.16. The number of nitrogens with zero attached hydrogens (tertiary/aromatic N) is 2. The topological polar surface area (TPSA) is 23.6 Å². The Kier molecular flexibility index (Phi) is 5.18. The van der Waals surface area contributed by atoms with Crippen molar-refractivity contribution in [3.05, 3.63) is 35.9 Å². The molecule has 1 saturated heterocycles. The Morgan fingerprint density at radius 2 is 2.05 bits per heavy atom. The largest absolute Gasteiger partial charge is 0.343 e. The number of rotatable bonds is 6. The second-order valence-corrected chi connectivity index (χ2v) is 6.04. The molecule has 20 heavy (non-hydrogen) atoms. The van der Waals surface area contributed by atoms with Gasteiger partial charge in [-0.25, -0.2) is 0 Å². The highest BCUT2D eigenvalue weighted by Crippen LogP contribution is 2.20. The minimum Gasteiger partial charge on any atom is -0.343 e. The third-order valence-corrected chi connectivity index (χ3v) is 4.20. The molecule has 0 saturated carbocycles. The van der Waals surface area contributed by atoms with E-state index in [1.54, 1.807) is 0 Å². The first kappa shape index (κ1) is 15.0. The predicted molar refractivity (Wildman–Crippen MR) is 82.7 cm³/mol. The van der Waals surface area contributed by atoms with Crippen LogP contribution in [0.1, 0.15) is 31.7 Å². The van der Waals surface area contributed by atoms with Gasteiger partial charge >= 0.3 is 0 Å². The van der Waals surface area contributed by atoms with E-state index >= 15 is 0 Å². The summed E-state index contributed by atoms with van der Waals surface area (Å²) in [6.07, 6.45) is 0.720. The van der Waals surface area contributed by atoms with Crippen LogP contribution in [0.5, 0.6) is 0 Å². The number of hydrogen-bond donors (Lipinski definition) is 0. The van der Waals surface area contributed by atoms with Crippen LogP contribution in [0.4, 0.5) is 0 Å². The average Bonchev–Trinajstić information content (AvgIpc) is 2.79. The van der Waals surface area contributed by atoms with Crippen molar-refractivity contribution in [3.8, 4) is 0 Å². The lowest BCUT2D eigenvalue weighted by molar-refractivity contribution is -0.127. The van der Waals surface area contributed by atoms with E-state index in [0.29, 0.717) is 17.7 Å². The summed E-state index contributed by atoms with van der Waals surface area (Å²) in [5.41, 5.74) is 1.39. The van der Waals surface area contributed by atoms with Crippen LogP contribution in [0.15, 0.2) is 30.3 Å². The molecule has 1 aromatic rings. The lowest BCUT2D eigenvalue weighted by Gasteiger charge is -2.24. The van der Waals surface area contributed by atoms with Crippen molar-refractivity contribution in [1.29, 1.82) is 0 Å². The zero-order chi connectivity index (χ0) is 14.5. The van der Waals surface area contributed by atoms with E-state index in [-0.39, 0.29) is 0 Å². The van der Waals surface area contributed by atoms with E-state index in [1.807, 2.05) is 4.90 Å². The Bertz CT molecular complexity index is 432. The SMILES string of the molecule is CCN1CC(CN(C)CC(C)c2ccccc2)CC1=O. The highest BCUT2D eigenvalue weighted by atomic mass is 16.2. The van der Waals surface area contributed by atoms with E-state index in [1.165, 1.54) is 5.56 Å². The minimum atomic E-state index is 0.321. The molecule has 1 aliphatic rings. The highest BCUT2D eigenvalue weighted by molar-refractivity contribution is 5.78. The fourth-order valence-corrected chi connectivity index (χ4v) is 3.15. The Hall–Kier alpha value is -1.35. The maximum atomic E-state index is 11.7. The van der Waals surface area contributed by atoms with Crippen molar-refractivity contribution in [2.24, 2.45) is 5.92 Å². The van der Waals surface area contributed by atoms with Crippen molar-refractivity contribution in [1.82, 2.24) is 9.80 Å². The first-order valence-corrected chi connectivity index (χ1v) is 7.61. The summed E-state index contributed by atoms with van der Waals surface area (Å²) >= 11 is 0. The fraction of sp³-hybridized carbons (Fsp3) is 0.588. The van der Waals surface area contributed by atoms with Gasteiger partial charge < -0.3 is 9.80 Å². The maximum absolute atomic E-state index is 11.7. The van der Waals surface area contributed by atoms with E-state index < -0.39 is 0 Å². The molecule has 2 rings (SSSR count). The van der Waals surface area contributed by atoms with Crippen molar-refractivity contribution in [2.45, 2.75) is 26.2 Å². The summed E-state index contributed by atoms with van der Waals surface area (Å²) in [6, 6.07) is 10.6. The summed E-state index contributed by atoms with van der Waals surface area (Å²) in [4.78, 5) is 16.1. The van der Waals surface area contributed by atoms with Crippen LogP contribution >= 0.6 is 0 Å². The third kappa shape index (κ3) is 3.83. The molecule has 110 valence electrons. The van der Waals surface area contributed by atoms with Gasteiger partial charge in [0.1, 0.15) is 0 Å². The van der Waals surface area contributed by atoms with Gasteiger partial charge in [0.25, 0.3) is 0 Å². The molecule has 3 nitrogen and oxygen atoms in total. The Labute approximate surface area is 122 Å². The van der Waals surface area contributed by atoms with Crippen molar-refractivity contribution < 1.29 is 4.79 Å². The first-order valence-electron chi connectivity index (χ1n) is 7.61. The van der Waals surface area contributed by atoms with Gasteiger partial charge in [0.2, 0.25) is 5.91 Å². The predicted octanol–water partition coefficient (Wildman–Crippen LogP) is 2.59. The lowest BCUT2D eigenvalue weighted by atomic mass is 10.00. The van der Waals surface area contributed by atoms with Gasteiger partial charge in [-0.05, 0) is 31.4 Å². The van der Waals surface area contributed by atoms with E-state index in [2.05, 4.69) is 56.1 Å². The van der Waals surface area contributed by atoms with E-state index in [9.17, 15) is 4.79 Å². The molecule has 0 N–H and O–H groups in total. The minimum absolute atomic E-state index is 0.321. The number of likely N-dealkylation sites (tertiary alicyclic amines) is 1. The Morgan fingerprint density at radius 1 is 1.35 bits per heavy atom. The van der Waals surface area contributed by atoms with Gasteiger partial charge in [0.05, 0.1) is 0 Å². The van der Waals surface area contributed by atoms with Crippen LogP contribution in [0.25, 0.3) is 0 Å². The van der Waals surface area contributed by atoms with Crippen LogP contribution in [-0.4, -0.2) is 48.9 Å². The molecule has 1 heterocycles. The van der Waals surface area contributed by atoms with Gasteiger partial charge in [-0.15, -0.1) is 0 Å². The summed E-state index contributed by atoms with van der Waals surface area (Å²) in [5, 5.41) is 0. The van der Waals surface area contributed by atoms with Crippen LogP contribution in [0.2, 0.25) is 0 Å². The zero-order valence-electron chi connectivity index (χ0n) is 12.9. The molecule has 0 bridgehead atoms. The van der Waals surface area contributed by atoms with Gasteiger partial charge in [-0.2, -0.15) is 0 Å². The van der Waals surface area contributed by atoms with Gasteiger partial charge in [0.15, 0.2) is 0 Å². The van der Waals surface area contributed by atoms with E-state index in [4.69, 9.17) is 0 Å². The zero-order valence-corrected chi connectivity index (χ0v) is 12.9. The molecule has 0 aromatic heterocycles. The summed E-state index contributed by atoms with van der Waals surface area (Å²) < 4.78 is 0. The molecule has 1 amide bonds. The molecule has 1 aliphatic heterocycles. The van der Waals surface area contributed by atoms with Crippen LogP contribution in [0.3, 0.4) is 0 Å². The maximum Gasteiger partial charge on any atom is 0.222 e. The molecule has 1 fully saturated rings.